The second kappa shape index (κ2) is 7.30. The van der Waals surface area contributed by atoms with Gasteiger partial charge < -0.3 is 15.3 Å². The van der Waals surface area contributed by atoms with Crippen LogP contribution >= 0.6 is 0 Å². The number of hydrogen-bond acceptors (Lipinski definition) is 2. The molecule has 0 radical (unpaired) electrons. The summed E-state index contributed by atoms with van der Waals surface area (Å²) >= 11 is 0. The molecule has 0 spiro atoms. The zero-order valence-corrected chi connectivity index (χ0v) is 13.4. The SMILES string of the molecule is O=C(NC1CCC(c2ccc(F)cc2)C1)N1CCCC(CO)C1. The van der Waals surface area contributed by atoms with Crippen LogP contribution in [0.15, 0.2) is 24.3 Å². The number of amides is 2. The van der Waals surface area contributed by atoms with Crippen LogP contribution in [0.4, 0.5) is 9.18 Å². The van der Waals surface area contributed by atoms with Crippen LogP contribution in [0.25, 0.3) is 0 Å². The molecule has 4 nitrogen and oxygen atoms in total. The molecular formula is C18H25FN2O2. The van der Waals surface area contributed by atoms with Crippen molar-refractivity contribution in [1.82, 2.24) is 10.2 Å². The highest BCUT2D eigenvalue weighted by molar-refractivity contribution is 5.74. The van der Waals surface area contributed by atoms with Gasteiger partial charge in [-0.1, -0.05) is 12.1 Å². The van der Waals surface area contributed by atoms with Crippen molar-refractivity contribution in [2.45, 2.75) is 44.1 Å². The van der Waals surface area contributed by atoms with Crippen LogP contribution in [-0.4, -0.2) is 41.8 Å². The Labute approximate surface area is 136 Å². The fourth-order valence-corrected chi connectivity index (χ4v) is 3.81. The van der Waals surface area contributed by atoms with Gasteiger partial charge in [-0.15, -0.1) is 0 Å². The summed E-state index contributed by atoms with van der Waals surface area (Å²) in [7, 11) is 0. The van der Waals surface area contributed by atoms with Crippen LogP contribution in [0.3, 0.4) is 0 Å². The average molecular weight is 320 g/mol. The van der Waals surface area contributed by atoms with Crippen molar-refractivity contribution in [1.29, 1.82) is 0 Å². The maximum absolute atomic E-state index is 13.0. The van der Waals surface area contributed by atoms with Gasteiger partial charge in [0.1, 0.15) is 5.82 Å². The molecule has 1 saturated carbocycles. The van der Waals surface area contributed by atoms with Crippen LogP contribution < -0.4 is 5.32 Å². The van der Waals surface area contributed by atoms with Crippen molar-refractivity contribution in [3.63, 3.8) is 0 Å². The van der Waals surface area contributed by atoms with Gasteiger partial charge in [-0.25, -0.2) is 9.18 Å². The number of urea groups is 1. The fraction of sp³-hybridized carbons (Fsp3) is 0.611. The molecule has 5 heteroatoms. The summed E-state index contributed by atoms with van der Waals surface area (Å²) in [4.78, 5) is 14.2. The number of carbonyl (C=O) groups is 1. The molecule has 1 aromatic rings. The number of rotatable bonds is 3. The molecule has 1 heterocycles. The lowest BCUT2D eigenvalue weighted by Crippen LogP contribution is -2.48. The van der Waals surface area contributed by atoms with Crippen LogP contribution in [0, 0.1) is 11.7 Å². The number of nitrogens with zero attached hydrogens (tertiary/aromatic N) is 1. The minimum absolute atomic E-state index is 0.00657. The van der Waals surface area contributed by atoms with Gasteiger partial charge in [0, 0.05) is 25.7 Å². The Morgan fingerprint density at radius 1 is 1.26 bits per heavy atom. The summed E-state index contributed by atoms with van der Waals surface area (Å²) in [6.45, 7) is 1.58. The Balaban J connectivity index is 1.51. The van der Waals surface area contributed by atoms with Crippen LogP contribution in [0.2, 0.25) is 0 Å². The molecule has 2 fully saturated rings. The van der Waals surface area contributed by atoms with E-state index < -0.39 is 0 Å². The van der Waals surface area contributed by atoms with Gasteiger partial charge in [-0.05, 0) is 61.6 Å². The summed E-state index contributed by atoms with van der Waals surface area (Å²) in [5.41, 5.74) is 1.15. The molecule has 0 aromatic heterocycles. The predicted molar refractivity (Wildman–Crippen MR) is 86.7 cm³/mol. The van der Waals surface area contributed by atoms with Crippen molar-refractivity contribution >= 4 is 6.03 Å². The summed E-state index contributed by atoms with van der Waals surface area (Å²) in [5.74, 6) is 0.401. The normalized spacial score (nSPS) is 27.9. The quantitative estimate of drug-likeness (QED) is 0.900. The number of hydrogen-bond donors (Lipinski definition) is 2. The van der Waals surface area contributed by atoms with E-state index in [-0.39, 0.29) is 30.4 Å². The zero-order chi connectivity index (χ0) is 16.2. The molecule has 126 valence electrons. The third-order valence-corrected chi connectivity index (χ3v) is 5.17. The Hall–Kier alpha value is -1.62. The van der Waals surface area contributed by atoms with Gasteiger partial charge in [0.05, 0.1) is 0 Å². The first kappa shape index (κ1) is 16.2. The van der Waals surface area contributed by atoms with E-state index in [0.29, 0.717) is 12.5 Å². The van der Waals surface area contributed by atoms with Crippen LogP contribution in [0.5, 0.6) is 0 Å². The lowest BCUT2D eigenvalue weighted by Gasteiger charge is -2.32. The van der Waals surface area contributed by atoms with Gasteiger partial charge in [-0.2, -0.15) is 0 Å². The Kier molecular flexibility index (Phi) is 5.16. The molecule has 2 aliphatic rings. The van der Waals surface area contributed by atoms with Gasteiger partial charge in [0.2, 0.25) is 0 Å². The van der Waals surface area contributed by atoms with Crippen molar-refractivity contribution in [2.24, 2.45) is 5.92 Å². The van der Waals surface area contributed by atoms with E-state index in [1.807, 2.05) is 17.0 Å². The van der Waals surface area contributed by atoms with Gasteiger partial charge >= 0.3 is 6.03 Å². The minimum atomic E-state index is -0.208. The molecular weight excluding hydrogens is 295 g/mol. The zero-order valence-electron chi connectivity index (χ0n) is 13.4. The summed E-state index contributed by atoms with van der Waals surface area (Å²) in [6, 6.07) is 6.88. The largest absolute Gasteiger partial charge is 0.396 e. The summed E-state index contributed by atoms with van der Waals surface area (Å²) in [6.07, 6.45) is 4.85. The molecule has 2 amide bonds. The van der Waals surface area contributed by atoms with Gasteiger partial charge in [0.15, 0.2) is 0 Å². The number of likely N-dealkylation sites (tertiary alicyclic amines) is 1. The number of benzene rings is 1. The summed E-state index contributed by atoms with van der Waals surface area (Å²) in [5, 5.41) is 12.4. The highest BCUT2D eigenvalue weighted by Gasteiger charge is 2.29. The summed E-state index contributed by atoms with van der Waals surface area (Å²) < 4.78 is 13.0. The molecule has 1 aliphatic carbocycles. The van der Waals surface area contributed by atoms with E-state index in [4.69, 9.17) is 0 Å². The fourth-order valence-electron chi connectivity index (χ4n) is 3.81. The van der Waals surface area contributed by atoms with Gasteiger partial charge in [-0.3, -0.25) is 0 Å². The molecule has 3 unspecified atom stereocenters. The monoisotopic (exact) mass is 320 g/mol. The highest BCUT2D eigenvalue weighted by atomic mass is 19.1. The Bertz CT molecular complexity index is 534. The molecule has 1 saturated heterocycles. The topological polar surface area (TPSA) is 52.6 Å². The Morgan fingerprint density at radius 2 is 2.04 bits per heavy atom. The molecule has 1 aromatic carbocycles. The number of carbonyl (C=O) groups excluding carboxylic acids is 1. The van der Waals surface area contributed by atoms with Crippen molar-refractivity contribution in [2.75, 3.05) is 19.7 Å². The molecule has 3 rings (SSSR count). The second-order valence-electron chi connectivity index (χ2n) is 6.84. The standard InChI is InChI=1S/C18H25FN2O2/c19-16-6-3-14(4-7-16)15-5-8-17(10-15)20-18(23)21-9-1-2-13(11-21)12-22/h3-4,6-7,13,15,17,22H,1-2,5,8-12H2,(H,20,23). The molecule has 0 bridgehead atoms. The smallest absolute Gasteiger partial charge is 0.317 e. The lowest BCUT2D eigenvalue weighted by molar-refractivity contribution is 0.128. The first-order chi connectivity index (χ1) is 11.2. The number of nitrogens with one attached hydrogen (secondary N) is 1. The van der Waals surface area contributed by atoms with E-state index in [0.717, 1.165) is 44.2 Å². The number of aliphatic hydroxyl groups is 1. The van der Waals surface area contributed by atoms with Crippen LogP contribution in [-0.2, 0) is 0 Å². The molecule has 1 aliphatic heterocycles. The second-order valence-corrected chi connectivity index (χ2v) is 6.84. The third-order valence-electron chi connectivity index (χ3n) is 5.17. The van der Waals surface area contributed by atoms with Crippen molar-refractivity contribution < 1.29 is 14.3 Å². The number of halogens is 1. The molecule has 3 atom stereocenters. The van der Waals surface area contributed by atoms with Crippen molar-refractivity contribution in [3.05, 3.63) is 35.6 Å². The van der Waals surface area contributed by atoms with E-state index >= 15 is 0 Å². The van der Waals surface area contributed by atoms with Gasteiger partial charge in [0.25, 0.3) is 0 Å². The first-order valence-electron chi connectivity index (χ1n) is 8.57. The van der Waals surface area contributed by atoms with E-state index in [9.17, 15) is 14.3 Å². The van der Waals surface area contributed by atoms with E-state index in [1.165, 1.54) is 12.1 Å². The highest BCUT2D eigenvalue weighted by Crippen LogP contribution is 2.34. The van der Waals surface area contributed by atoms with E-state index in [1.54, 1.807) is 0 Å². The average Bonchev–Trinajstić information content (AvgIpc) is 3.04. The minimum Gasteiger partial charge on any atom is -0.396 e. The maximum Gasteiger partial charge on any atom is 0.317 e. The third kappa shape index (κ3) is 4.02. The molecule has 23 heavy (non-hydrogen) atoms. The molecule has 2 N–H and O–H groups in total. The maximum atomic E-state index is 13.0. The predicted octanol–water partition coefficient (Wildman–Crippen LogP) is 2.88. The Morgan fingerprint density at radius 3 is 2.78 bits per heavy atom. The number of piperidine rings is 1. The lowest BCUT2D eigenvalue weighted by atomic mass is 9.97. The van der Waals surface area contributed by atoms with E-state index in [2.05, 4.69) is 5.32 Å². The van der Waals surface area contributed by atoms with Crippen LogP contribution in [0.1, 0.15) is 43.6 Å². The van der Waals surface area contributed by atoms with Crippen molar-refractivity contribution in [3.8, 4) is 0 Å². The number of aliphatic hydroxyl groups excluding tert-OH is 1. The first-order valence-corrected chi connectivity index (χ1v) is 8.57.